The third kappa shape index (κ3) is 7.26. The van der Waals surface area contributed by atoms with E-state index in [2.05, 4.69) is 4.90 Å². The van der Waals surface area contributed by atoms with Crippen molar-refractivity contribution >= 4 is 0 Å². The second kappa shape index (κ2) is 9.40. The monoisotopic (exact) mass is 204 g/mol. The number of rotatable bonds is 3. The van der Waals surface area contributed by atoms with Crippen LogP contribution in [0.3, 0.4) is 0 Å². The van der Waals surface area contributed by atoms with E-state index in [1.165, 1.54) is 0 Å². The molecular weight excluding hydrogens is 180 g/mol. The topological polar surface area (TPSA) is 69.7 Å². The number of aliphatic hydroxyl groups excluding tert-OH is 2. The van der Waals surface area contributed by atoms with Crippen LogP contribution in [0.4, 0.5) is 0 Å². The van der Waals surface area contributed by atoms with Gasteiger partial charge in [-0.05, 0) is 39.3 Å². The maximum atomic E-state index is 9.20. The van der Waals surface area contributed by atoms with Gasteiger partial charge < -0.3 is 20.8 Å². The van der Waals surface area contributed by atoms with Crippen LogP contribution in [0.1, 0.15) is 26.2 Å². The molecule has 0 bridgehead atoms. The summed E-state index contributed by atoms with van der Waals surface area (Å²) in [5.74, 6) is 0. The zero-order chi connectivity index (χ0) is 10.8. The largest absolute Gasteiger partial charge is 0.397 e. The molecule has 0 unspecified atom stereocenters. The molecule has 0 saturated carbocycles. The van der Waals surface area contributed by atoms with E-state index in [9.17, 15) is 5.11 Å². The molecular formula is C10H24N2O2. The van der Waals surface area contributed by atoms with Gasteiger partial charge in [0.1, 0.15) is 0 Å². The standard InChI is InChI=1S/C8H18N2O.C2H6O/c9-4-1-5-10-6-2-8(11)3-7-10;1-2-3/h8,11H,1-7,9H2;3H,2H2,1H3. The van der Waals surface area contributed by atoms with Crippen molar-refractivity contribution in [3.63, 3.8) is 0 Å². The Bertz CT molecular complexity index is 112. The highest BCUT2D eigenvalue weighted by molar-refractivity contribution is 4.70. The lowest BCUT2D eigenvalue weighted by Crippen LogP contribution is -2.36. The minimum Gasteiger partial charge on any atom is -0.397 e. The van der Waals surface area contributed by atoms with Gasteiger partial charge in [0.25, 0.3) is 0 Å². The predicted molar refractivity (Wildman–Crippen MR) is 58.1 cm³/mol. The Morgan fingerprint density at radius 1 is 1.36 bits per heavy atom. The SMILES string of the molecule is CCO.NCCCN1CCC(O)CC1. The molecule has 1 aliphatic rings. The molecule has 14 heavy (non-hydrogen) atoms. The summed E-state index contributed by atoms with van der Waals surface area (Å²) in [5, 5.41) is 16.8. The third-order valence-electron chi connectivity index (χ3n) is 2.24. The molecule has 1 heterocycles. The van der Waals surface area contributed by atoms with Gasteiger partial charge in [-0.2, -0.15) is 0 Å². The zero-order valence-corrected chi connectivity index (χ0v) is 9.15. The van der Waals surface area contributed by atoms with Crippen LogP contribution in [0.25, 0.3) is 0 Å². The lowest BCUT2D eigenvalue weighted by molar-refractivity contribution is 0.0824. The van der Waals surface area contributed by atoms with Crippen molar-refractivity contribution in [2.24, 2.45) is 5.73 Å². The first-order chi connectivity index (χ1) is 6.74. The highest BCUT2D eigenvalue weighted by Gasteiger charge is 2.15. The predicted octanol–water partition coefficient (Wildman–Crippen LogP) is -0.209. The van der Waals surface area contributed by atoms with Crippen LogP contribution in [-0.2, 0) is 0 Å². The first-order valence-corrected chi connectivity index (χ1v) is 5.45. The van der Waals surface area contributed by atoms with Gasteiger partial charge in [-0.3, -0.25) is 0 Å². The van der Waals surface area contributed by atoms with Crippen LogP contribution < -0.4 is 5.73 Å². The van der Waals surface area contributed by atoms with Gasteiger partial charge in [0, 0.05) is 19.7 Å². The minimum atomic E-state index is -0.0517. The Morgan fingerprint density at radius 2 is 1.86 bits per heavy atom. The zero-order valence-electron chi connectivity index (χ0n) is 9.15. The van der Waals surface area contributed by atoms with Crippen molar-refractivity contribution in [1.82, 2.24) is 4.90 Å². The maximum Gasteiger partial charge on any atom is 0.0564 e. The maximum absolute atomic E-state index is 9.20. The molecule has 0 aromatic rings. The number of likely N-dealkylation sites (tertiary alicyclic amines) is 1. The van der Waals surface area contributed by atoms with E-state index in [0.717, 1.165) is 45.4 Å². The first kappa shape index (κ1) is 13.8. The summed E-state index contributed by atoms with van der Waals surface area (Å²) in [6, 6.07) is 0. The number of nitrogens with zero attached hydrogens (tertiary/aromatic N) is 1. The molecule has 0 atom stereocenters. The molecule has 0 aromatic heterocycles. The molecule has 1 fully saturated rings. The van der Waals surface area contributed by atoms with Crippen LogP contribution in [0.5, 0.6) is 0 Å². The number of piperidine rings is 1. The summed E-state index contributed by atoms with van der Waals surface area (Å²) in [6.45, 7) is 5.89. The van der Waals surface area contributed by atoms with Crippen LogP contribution in [0.2, 0.25) is 0 Å². The summed E-state index contributed by atoms with van der Waals surface area (Å²) in [7, 11) is 0. The lowest BCUT2D eigenvalue weighted by atomic mass is 10.1. The summed E-state index contributed by atoms with van der Waals surface area (Å²) in [4.78, 5) is 2.37. The van der Waals surface area contributed by atoms with Crippen molar-refractivity contribution in [3.8, 4) is 0 Å². The molecule has 4 heteroatoms. The van der Waals surface area contributed by atoms with Crippen LogP contribution in [-0.4, -0.2) is 54.0 Å². The molecule has 4 nitrogen and oxygen atoms in total. The Hall–Kier alpha value is -0.160. The fraction of sp³-hybridized carbons (Fsp3) is 1.00. The Labute approximate surface area is 86.7 Å². The van der Waals surface area contributed by atoms with Gasteiger partial charge in [-0.15, -0.1) is 0 Å². The van der Waals surface area contributed by atoms with Gasteiger partial charge in [-0.1, -0.05) is 0 Å². The van der Waals surface area contributed by atoms with Gasteiger partial charge >= 0.3 is 0 Å². The van der Waals surface area contributed by atoms with E-state index in [1.807, 2.05) is 0 Å². The second-order valence-corrected chi connectivity index (χ2v) is 3.53. The molecule has 0 spiro atoms. The fourth-order valence-electron chi connectivity index (χ4n) is 1.46. The molecule has 0 aliphatic carbocycles. The van der Waals surface area contributed by atoms with Crippen molar-refractivity contribution in [3.05, 3.63) is 0 Å². The summed E-state index contributed by atoms with van der Waals surface area (Å²) < 4.78 is 0. The Balaban J connectivity index is 0.000000500. The van der Waals surface area contributed by atoms with Crippen LogP contribution in [0, 0.1) is 0 Å². The second-order valence-electron chi connectivity index (χ2n) is 3.53. The van der Waals surface area contributed by atoms with E-state index < -0.39 is 0 Å². The molecule has 1 rings (SSSR count). The molecule has 4 N–H and O–H groups in total. The molecule has 0 aromatic carbocycles. The van der Waals surface area contributed by atoms with Gasteiger partial charge in [0.05, 0.1) is 6.10 Å². The molecule has 1 aliphatic heterocycles. The number of hydrogen-bond acceptors (Lipinski definition) is 4. The van der Waals surface area contributed by atoms with E-state index in [4.69, 9.17) is 10.8 Å². The van der Waals surface area contributed by atoms with Crippen molar-refractivity contribution in [1.29, 1.82) is 0 Å². The van der Waals surface area contributed by atoms with Crippen molar-refractivity contribution in [2.75, 3.05) is 32.8 Å². The van der Waals surface area contributed by atoms with E-state index in [0.29, 0.717) is 0 Å². The smallest absolute Gasteiger partial charge is 0.0564 e. The Morgan fingerprint density at radius 3 is 2.29 bits per heavy atom. The average molecular weight is 204 g/mol. The molecule has 0 amide bonds. The number of hydrogen-bond donors (Lipinski definition) is 3. The third-order valence-corrected chi connectivity index (χ3v) is 2.24. The number of nitrogens with two attached hydrogens (primary N) is 1. The highest BCUT2D eigenvalue weighted by Crippen LogP contribution is 2.09. The number of aliphatic hydroxyl groups is 2. The van der Waals surface area contributed by atoms with E-state index in [1.54, 1.807) is 6.92 Å². The van der Waals surface area contributed by atoms with Crippen LogP contribution >= 0.6 is 0 Å². The van der Waals surface area contributed by atoms with Crippen LogP contribution in [0.15, 0.2) is 0 Å². The summed E-state index contributed by atoms with van der Waals surface area (Å²) in [5.41, 5.74) is 5.40. The van der Waals surface area contributed by atoms with Crippen molar-refractivity contribution in [2.45, 2.75) is 32.3 Å². The van der Waals surface area contributed by atoms with E-state index in [-0.39, 0.29) is 12.7 Å². The fourth-order valence-corrected chi connectivity index (χ4v) is 1.46. The quantitative estimate of drug-likeness (QED) is 0.595. The Kier molecular flexibility index (Phi) is 9.29. The van der Waals surface area contributed by atoms with Gasteiger partial charge in [0.2, 0.25) is 0 Å². The minimum absolute atomic E-state index is 0.0517. The molecule has 0 radical (unpaired) electrons. The lowest BCUT2D eigenvalue weighted by Gasteiger charge is -2.29. The summed E-state index contributed by atoms with van der Waals surface area (Å²) >= 11 is 0. The van der Waals surface area contributed by atoms with Gasteiger partial charge in [0.15, 0.2) is 0 Å². The first-order valence-electron chi connectivity index (χ1n) is 5.45. The average Bonchev–Trinajstić information content (AvgIpc) is 2.18. The van der Waals surface area contributed by atoms with E-state index >= 15 is 0 Å². The van der Waals surface area contributed by atoms with Gasteiger partial charge in [-0.25, -0.2) is 0 Å². The molecule has 86 valence electrons. The normalized spacial score (nSPS) is 18.9. The summed E-state index contributed by atoms with van der Waals surface area (Å²) in [6.07, 6.45) is 2.90. The van der Waals surface area contributed by atoms with Crippen molar-refractivity contribution < 1.29 is 10.2 Å². The molecule has 1 saturated heterocycles. The highest BCUT2D eigenvalue weighted by atomic mass is 16.3.